The van der Waals surface area contributed by atoms with Gasteiger partial charge in [0.1, 0.15) is 29.8 Å². The van der Waals surface area contributed by atoms with Crippen LogP contribution in [0.4, 0.5) is 0 Å². The molecule has 0 aromatic heterocycles. The molecule has 3 N–H and O–H groups in total. The Balaban J connectivity index is 0.903. The minimum atomic E-state index is -1.42. The SMILES string of the molecule is CC1(C)C[C@@H]2C(=Cc3ccc(CN4O[C@@H]5[C@H]6OC(c7ccccc7)(c7ccccc7)O[C@H]6[C@H]6C[C@]5(C(=O)NCc5cccc(C(=O)NCCO)c5)[C@@H]4C(=O)O6)cc3)CCC3O[C@]3(C)CC[C@H]21. The number of rotatable bonds is 11. The van der Waals surface area contributed by atoms with Crippen LogP contribution in [0.25, 0.3) is 6.08 Å². The van der Waals surface area contributed by atoms with Gasteiger partial charge in [-0.2, -0.15) is 5.06 Å². The van der Waals surface area contributed by atoms with E-state index in [1.165, 1.54) is 18.4 Å². The van der Waals surface area contributed by atoms with Crippen molar-refractivity contribution in [3.63, 3.8) is 0 Å². The van der Waals surface area contributed by atoms with Gasteiger partial charge in [0, 0.05) is 36.2 Å². The number of hydrogen-bond acceptors (Lipinski definition) is 10. The van der Waals surface area contributed by atoms with E-state index in [1.807, 2.05) is 66.7 Å². The Morgan fingerprint density at radius 1 is 0.818 bits per heavy atom. The molecular weight excluding hydrogens is 835 g/mol. The van der Waals surface area contributed by atoms with E-state index in [9.17, 15) is 14.7 Å². The number of carbonyl (C=O) groups excluding carboxylic acids is 3. The average molecular weight is 894 g/mol. The van der Waals surface area contributed by atoms with Crippen molar-refractivity contribution in [2.75, 3.05) is 13.2 Å². The Hall–Kier alpha value is -5.21. The Labute approximate surface area is 385 Å². The zero-order valence-electron chi connectivity index (χ0n) is 37.8. The minimum Gasteiger partial charge on any atom is -0.458 e. The zero-order chi connectivity index (χ0) is 45.4. The third-order valence-corrected chi connectivity index (χ3v) is 16.0. The summed E-state index contributed by atoms with van der Waals surface area (Å²) in [7, 11) is 0. The Kier molecular flexibility index (Phi) is 10.9. The highest BCUT2D eigenvalue weighted by atomic mass is 16.8. The second kappa shape index (κ2) is 16.5. The Morgan fingerprint density at radius 2 is 1.55 bits per heavy atom. The average Bonchev–Trinajstić information content (AvgIpc) is 3.59. The minimum absolute atomic E-state index is 0.0325. The van der Waals surface area contributed by atoms with Gasteiger partial charge < -0.3 is 34.7 Å². The molecular formula is C54H59N3O9. The number of carbonyl (C=O) groups is 3. The number of aliphatic hydroxyl groups is 1. The van der Waals surface area contributed by atoms with E-state index < -0.39 is 47.6 Å². The molecule has 1 unspecified atom stereocenters. The van der Waals surface area contributed by atoms with Crippen LogP contribution in [0.1, 0.15) is 97.5 Å². The molecule has 3 saturated carbocycles. The molecule has 3 aliphatic carbocycles. The van der Waals surface area contributed by atoms with Gasteiger partial charge in [0.05, 0.1) is 24.9 Å². The molecule has 7 fully saturated rings. The van der Waals surface area contributed by atoms with Crippen LogP contribution in [0.2, 0.25) is 0 Å². The quantitative estimate of drug-likeness (QED) is 0.106. The van der Waals surface area contributed by atoms with Crippen molar-refractivity contribution in [2.45, 2.75) is 120 Å². The van der Waals surface area contributed by atoms with E-state index >= 15 is 4.79 Å². The highest BCUT2D eigenvalue weighted by Crippen LogP contribution is 2.61. The van der Waals surface area contributed by atoms with Gasteiger partial charge in [-0.05, 0) is 85.1 Å². The number of nitrogens with zero attached hydrogens (tertiary/aromatic N) is 1. The fraction of sp³-hybridized carbons (Fsp3) is 0.463. The van der Waals surface area contributed by atoms with Crippen molar-refractivity contribution >= 4 is 23.9 Å². The smallest absolute Gasteiger partial charge is 0.327 e. The summed E-state index contributed by atoms with van der Waals surface area (Å²) in [6.07, 6.45) is 5.21. The number of benzene rings is 4. The lowest BCUT2D eigenvalue weighted by Gasteiger charge is -2.53. The number of hydroxylamine groups is 2. The summed E-state index contributed by atoms with van der Waals surface area (Å²) in [6, 6.07) is 33.7. The van der Waals surface area contributed by atoms with Crippen LogP contribution in [0.3, 0.4) is 0 Å². The maximum Gasteiger partial charge on any atom is 0.327 e. The van der Waals surface area contributed by atoms with Crippen molar-refractivity contribution in [3.8, 4) is 0 Å². The number of hydrogen-bond donors (Lipinski definition) is 3. The molecule has 4 saturated heterocycles. The second-order valence-corrected chi connectivity index (χ2v) is 20.5. The number of allylic oxidation sites excluding steroid dienone is 1. The van der Waals surface area contributed by atoms with Gasteiger partial charge in [0.15, 0.2) is 6.04 Å². The van der Waals surface area contributed by atoms with Gasteiger partial charge in [-0.15, -0.1) is 0 Å². The number of esters is 1. The monoisotopic (exact) mass is 893 g/mol. The van der Waals surface area contributed by atoms with E-state index in [0.29, 0.717) is 34.5 Å². The predicted octanol–water partition coefficient (Wildman–Crippen LogP) is 6.99. The van der Waals surface area contributed by atoms with Crippen molar-refractivity contribution in [3.05, 3.63) is 148 Å². The van der Waals surface area contributed by atoms with Gasteiger partial charge in [0.2, 0.25) is 11.7 Å². The first-order valence-electron chi connectivity index (χ1n) is 23.7. The number of ether oxygens (including phenoxy) is 4. The second-order valence-electron chi connectivity index (χ2n) is 20.5. The molecule has 4 aromatic rings. The van der Waals surface area contributed by atoms with Crippen LogP contribution in [0, 0.1) is 22.7 Å². The number of aliphatic hydroxyl groups excluding tert-OH is 1. The fourth-order valence-electron chi connectivity index (χ4n) is 12.4. The number of epoxide rings is 1. The molecule has 4 aromatic carbocycles. The summed E-state index contributed by atoms with van der Waals surface area (Å²) < 4.78 is 26.7. The van der Waals surface area contributed by atoms with Crippen molar-refractivity contribution < 1.29 is 43.3 Å². The van der Waals surface area contributed by atoms with Crippen molar-refractivity contribution in [1.82, 2.24) is 15.7 Å². The van der Waals surface area contributed by atoms with Gasteiger partial charge >= 0.3 is 5.97 Å². The molecule has 4 aliphatic heterocycles. The molecule has 7 aliphatic rings. The van der Waals surface area contributed by atoms with Crippen LogP contribution in [-0.2, 0) is 52.3 Å². The van der Waals surface area contributed by atoms with Crippen LogP contribution in [-0.4, -0.2) is 83.3 Å². The van der Waals surface area contributed by atoms with Crippen molar-refractivity contribution in [1.29, 1.82) is 0 Å². The summed E-state index contributed by atoms with van der Waals surface area (Å²) >= 11 is 0. The summed E-state index contributed by atoms with van der Waals surface area (Å²) in [5, 5.41) is 16.7. The molecule has 66 heavy (non-hydrogen) atoms. The fourth-order valence-corrected chi connectivity index (χ4v) is 12.4. The molecule has 12 nitrogen and oxygen atoms in total. The first kappa shape index (κ1) is 43.4. The molecule has 0 spiro atoms. The first-order chi connectivity index (χ1) is 31.9. The van der Waals surface area contributed by atoms with E-state index in [-0.39, 0.29) is 50.1 Å². The van der Waals surface area contributed by atoms with Gasteiger partial charge in [-0.1, -0.05) is 123 Å². The standard InChI is InChI=1S/C54H59N3O9/c1-51(2)29-40-36(21-22-43-52(3,63-43)24-23-41(40)51)27-33-17-19-34(20-18-33)32-57-46-49(60)62-42-30-53(46,50(61)56-31-35-11-10-12-37(28-35)48(59)55-25-26-58)47(66-57)45-44(42)64-54(65-45,38-13-6-4-7-14-38)39-15-8-5-9-16-39/h4-20,27-28,40-47,58H,21-26,29-32H2,1-3H3,(H,55,59)(H,56,61)/t40-,41-,42-,43?,44+,45+,46+,47-,52-,53+/m1/s1. The van der Waals surface area contributed by atoms with E-state index in [4.69, 9.17) is 23.8 Å². The number of nitrogens with one attached hydrogen (secondary N) is 2. The summed E-state index contributed by atoms with van der Waals surface area (Å²) in [4.78, 5) is 49.4. The van der Waals surface area contributed by atoms with Crippen LogP contribution >= 0.6 is 0 Å². The van der Waals surface area contributed by atoms with Gasteiger partial charge in [0.25, 0.3) is 5.91 Å². The molecule has 0 radical (unpaired) electrons. The largest absolute Gasteiger partial charge is 0.458 e. The number of amides is 2. The molecule has 2 bridgehead atoms. The molecule has 344 valence electrons. The topological polar surface area (TPSA) is 148 Å². The van der Waals surface area contributed by atoms with Crippen LogP contribution in [0.15, 0.2) is 115 Å². The normalized spacial score (nSPS) is 34.0. The Morgan fingerprint density at radius 3 is 2.26 bits per heavy atom. The third-order valence-electron chi connectivity index (χ3n) is 16.0. The predicted molar refractivity (Wildman–Crippen MR) is 244 cm³/mol. The Bertz CT molecular complexity index is 2490. The highest BCUT2D eigenvalue weighted by molar-refractivity contribution is 5.95. The summed E-state index contributed by atoms with van der Waals surface area (Å²) in [6.45, 7) is 7.36. The molecule has 12 heteroatoms. The number of fused-ring (bicyclic) bond motifs is 6. The van der Waals surface area contributed by atoms with E-state index in [2.05, 4.69) is 61.7 Å². The van der Waals surface area contributed by atoms with Crippen LogP contribution in [0.5, 0.6) is 0 Å². The van der Waals surface area contributed by atoms with Gasteiger partial charge in [-0.3, -0.25) is 19.2 Å². The maximum atomic E-state index is 15.2. The third kappa shape index (κ3) is 7.32. The van der Waals surface area contributed by atoms with Crippen molar-refractivity contribution in [2.24, 2.45) is 22.7 Å². The molecule has 11 rings (SSSR count). The maximum absolute atomic E-state index is 15.2. The van der Waals surface area contributed by atoms with E-state index in [0.717, 1.165) is 41.5 Å². The molecule has 4 heterocycles. The highest BCUT2D eigenvalue weighted by Gasteiger charge is 2.76. The zero-order valence-corrected chi connectivity index (χ0v) is 37.8. The first-order valence-corrected chi connectivity index (χ1v) is 23.7. The van der Waals surface area contributed by atoms with Gasteiger partial charge in [-0.25, -0.2) is 0 Å². The summed E-state index contributed by atoms with van der Waals surface area (Å²) in [5.41, 5.74) is 5.13. The molecule has 2 amide bonds. The molecule has 10 atom stereocenters. The summed E-state index contributed by atoms with van der Waals surface area (Å²) in [5.74, 6) is -1.40. The van der Waals surface area contributed by atoms with Crippen LogP contribution < -0.4 is 10.6 Å². The lowest BCUT2D eigenvalue weighted by atomic mass is 9.52. The van der Waals surface area contributed by atoms with E-state index in [1.54, 1.807) is 23.3 Å². The lowest BCUT2D eigenvalue weighted by molar-refractivity contribution is -0.213. The lowest BCUT2D eigenvalue weighted by Crippen LogP contribution is -2.69.